The molecule has 0 bridgehead atoms. The highest BCUT2D eigenvalue weighted by atomic mass is 15.2. The number of rotatable bonds is 6. The molecule has 1 unspecified atom stereocenters. The Bertz CT molecular complexity index is 375. The largest absolute Gasteiger partial charge is 0.373 e. The molecular formula is C15H26N4. The first kappa shape index (κ1) is 15.3. The third kappa shape index (κ3) is 5.64. The Morgan fingerprint density at radius 3 is 2.58 bits per heavy atom. The summed E-state index contributed by atoms with van der Waals surface area (Å²) in [7, 11) is 3.90. The van der Waals surface area contributed by atoms with Gasteiger partial charge in [0, 0.05) is 38.9 Å². The molecule has 1 aromatic carbocycles. The van der Waals surface area contributed by atoms with Crippen LogP contribution in [0, 0.1) is 0 Å². The van der Waals surface area contributed by atoms with E-state index < -0.39 is 0 Å². The lowest BCUT2D eigenvalue weighted by atomic mass is 10.3. The Balaban J connectivity index is 2.33. The number of benzene rings is 1. The number of hydrogen-bond donors (Lipinski definition) is 2. The average molecular weight is 262 g/mol. The summed E-state index contributed by atoms with van der Waals surface area (Å²) >= 11 is 0. The van der Waals surface area contributed by atoms with Crippen molar-refractivity contribution in [3.63, 3.8) is 0 Å². The number of guanidine groups is 1. The number of likely N-dealkylation sites (N-methyl/N-ethyl adjacent to an activating group) is 1. The molecule has 0 amide bonds. The Labute approximate surface area is 116 Å². The quantitative estimate of drug-likeness (QED) is 0.609. The van der Waals surface area contributed by atoms with Gasteiger partial charge in [-0.3, -0.25) is 4.99 Å². The molecule has 0 aliphatic rings. The molecule has 1 rings (SSSR count). The fraction of sp³-hybridized carbons (Fsp3) is 0.533. The van der Waals surface area contributed by atoms with Gasteiger partial charge >= 0.3 is 0 Å². The number of para-hydroxylation sites is 1. The molecule has 1 atom stereocenters. The minimum Gasteiger partial charge on any atom is -0.373 e. The van der Waals surface area contributed by atoms with E-state index in [9.17, 15) is 0 Å². The van der Waals surface area contributed by atoms with Crippen LogP contribution >= 0.6 is 0 Å². The molecule has 4 nitrogen and oxygen atoms in total. The molecular weight excluding hydrogens is 236 g/mol. The van der Waals surface area contributed by atoms with Gasteiger partial charge in [0.25, 0.3) is 0 Å². The molecule has 4 heteroatoms. The molecule has 2 N–H and O–H groups in total. The van der Waals surface area contributed by atoms with Gasteiger partial charge in [0.2, 0.25) is 0 Å². The maximum Gasteiger partial charge on any atom is 0.191 e. The van der Waals surface area contributed by atoms with Crippen LogP contribution < -0.4 is 15.5 Å². The molecule has 0 saturated carbocycles. The molecule has 0 spiro atoms. The van der Waals surface area contributed by atoms with Gasteiger partial charge in [-0.1, -0.05) is 25.1 Å². The maximum atomic E-state index is 4.22. The highest BCUT2D eigenvalue weighted by Crippen LogP contribution is 2.09. The van der Waals surface area contributed by atoms with Gasteiger partial charge in [-0.2, -0.15) is 0 Å². The lowest BCUT2D eigenvalue weighted by Crippen LogP contribution is -2.44. The van der Waals surface area contributed by atoms with Crippen LogP contribution in [0.4, 0.5) is 5.69 Å². The second-order valence-electron chi connectivity index (χ2n) is 4.71. The first-order valence-electron chi connectivity index (χ1n) is 6.90. The van der Waals surface area contributed by atoms with E-state index >= 15 is 0 Å². The molecule has 0 radical (unpaired) electrons. The second-order valence-corrected chi connectivity index (χ2v) is 4.71. The lowest BCUT2D eigenvalue weighted by molar-refractivity contribution is 0.624. The number of nitrogens with zero attached hydrogens (tertiary/aromatic N) is 2. The zero-order chi connectivity index (χ0) is 14.1. The summed E-state index contributed by atoms with van der Waals surface area (Å²) in [6, 6.07) is 10.8. The van der Waals surface area contributed by atoms with Gasteiger partial charge in [-0.25, -0.2) is 0 Å². The zero-order valence-electron chi connectivity index (χ0n) is 12.5. The molecule has 106 valence electrons. The van der Waals surface area contributed by atoms with Crippen molar-refractivity contribution in [1.29, 1.82) is 0 Å². The van der Waals surface area contributed by atoms with Crippen molar-refractivity contribution in [3.05, 3.63) is 30.3 Å². The van der Waals surface area contributed by atoms with E-state index in [2.05, 4.69) is 65.7 Å². The molecule has 0 aliphatic carbocycles. The van der Waals surface area contributed by atoms with Crippen molar-refractivity contribution in [2.75, 3.05) is 32.1 Å². The van der Waals surface area contributed by atoms with E-state index in [-0.39, 0.29) is 0 Å². The first-order valence-corrected chi connectivity index (χ1v) is 6.90. The third-order valence-corrected chi connectivity index (χ3v) is 3.16. The summed E-state index contributed by atoms with van der Waals surface area (Å²) in [5.41, 5.74) is 1.23. The summed E-state index contributed by atoms with van der Waals surface area (Å²) in [6.07, 6.45) is 1.09. The number of nitrogens with one attached hydrogen (secondary N) is 2. The monoisotopic (exact) mass is 262 g/mol. The van der Waals surface area contributed by atoms with Crippen LogP contribution in [0.15, 0.2) is 35.3 Å². The van der Waals surface area contributed by atoms with Gasteiger partial charge in [0.15, 0.2) is 5.96 Å². The highest BCUT2D eigenvalue weighted by molar-refractivity contribution is 5.79. The van der Waals surface area contributed by atoms with Crippen LogP contribution in [0.5, 0.6) is 0 Å². The smallest absolute Gasteiger partial charge is 0.191 e. The van der Waals surface area contributed by atoms with Gasteiger partial charge in [0.1, 0.15) is 0 Å². The van der Waals surface area contributed by atoms with E-state index in [0.717, 1.165) is 25.5 Å². The van der Waals surface area contributed by atoms with Gasteiger partial charge in [0.05, 0.1) is 0 Å². The number of hydrogen-bond acceptors (Lipinski definition) is 2. The zero-order valence-corrected chi connectivity index (χ0v) is 12.5. The van der Waals surface area contributed by atoms with Crippen molar-refractivity contribution in [2.45, 2.75) is 26.3 Å². The predicted molar refractivity (Wildman–Crippen MR) is 84.0 cm³/mol. The summed E-state index contributed by atoms with van der Waals surface area (Å²) < 4.78 is 0. The van der Waals surface area contributed by atoms with E-state index in [1.54, 1.807) is 7.05 Å². The van der Waals surface area contributed by atoms with E-state index in [0.29, 0.717) is 6.04 Å². The van der Waals surface area contributed by atoms with Crippen LogP contribution in [0.3, 0.4) is 0 Å². The summed E-state index contributed by atoms with van der Waals surface area (Å²) in [4.78, 5) is 6.45. The van der Waals surface area contributed by atoms with Crippen LogP contribution in [0.2, 0.25) is 0 Å². The SMILES string of the molecule is CCC(C)NC(=NC)NCCN(C)c1ccccc1. The van der Waals surface area contributed by atoms with E-state index in [4.69, 9.17) is 0 Å². The fourth-order valence-electron chi connectivity index (χ4n) is 1.68. The Hall–Kier alpha value is -1.71. The summed E-state index contributed by atoms with van der Waals surface area (Å²) in [5, 5.41) is 6.68. The highest BCUT2D eigenvalue weighted by Gasteiger charge is 2.03. The predicted octanol–water partition coefficient (Wildman–Crippen LogP) is 2.09. The molecule has 0 saturated heterocycles. The summed E-state index contributed by atoms with van der Waals surface area (Å²) in [5.74, 6) is 0.871. The third-order valence-electron chi connectivity index (χ3n) is 3.16. The Morgan fingerprint density at radius 2 is 2.00 bits per heavy atom. The molecule has 0 fully saturated rings. The van der Waals surface area contributed by atoms with Crippen LogP contribution in [-0.4, -0.2) is 39.2 Å². The van der Waals surface area contributed by atoms with Crippen molar-refractivity contribution < 1.29 is 0 Å². The topological polar surface area (TPSA) is 39.7 Å². The minimum absolute atomic E-state index is 0.443. The normalized spacial score (nSPS) is 12.9. The van der Waals surface area contributed by atoms with Crippen LogP contribution in [-0.2, 0) is 0 Å². The van der Waals surface area contributed by atoms with E-state index in [1.807, 2.05) is 6.07 Å². The second kappa shape index (κ2) is 8.40. The van der Waals surface area contributed by atoms with Crippen molar-refractivity contribution >= 4 is 11.6 Å². The van der Waals surface area contributed by atoms with Crippen LogP contribution in [0.1, 0.15) is 20.3 Å². The van der Waals surface area contributed by atoms with Crippen LogP contribution in [0.25, 0.3) is 0 Å². The standard InChI is InChI=1S/C15H26N4/c1-5-13(2)18-15(16-3)17-11-12-19(4)14-9-7-6-8-10-14/h6-10,13H,5,11-12H2,1-4H3,(H2,16,17,18). The minimum atomic E-state index is 0.443. The maximum absolute atomic E-state index is 4.22. The Morgan fingerprint density at radius 1 is 1.32 bits per heavy atom. The fourth-order valence-corrected chi connectivity index (χ4v) is 1.68. The number of anilines is 1. The van der Waals surface area contributed by atoms with Crippen molar-refractivity contribution in [3.8, 4) is 0 Å². The number of aliphatic imine (C=N–C) groups is 1. The summed E-state index contributed by atoms with van der Waals surface area (Å²) in [6.45, 7) is 6.11. The average Bonchev–Trinajstić information content (AvgIpc) is 2.46. The molecule has 19 heavy (non-hydrogen) atoms. The van der Waals surface area contributed by atoms with Crippen molar-refractivity contribution in [1.82, 2.24) is 10.6 Å². The van der Waals surface area contributed by atoms with Crippen molar-refractivity contribution in [2.24, 2.45) is 4.99 Å². The molecule has 0 heterocycles. The van der Waals surface area contributed by atoms with Gasteiger partial charge in [-0.05, 0) is 25.5 Å². The molecule has 0 aromatic heterocycles. The van der Waals surface area contributed by atoms with Gasteiger partial charge in [-0.15, -0.1) is 0 Å². The van der Waals surface area contributed by atoms with Gasteiger partial charge < -0.3 is 15.5 Å². The molecule has 1 aromatic rings. The van der Waals surface area contributed by atoms with E-state index in [1.165, 1.54) is 5.69 Å². The first-order chi connectivity index (χ1) is 9.17. The lowest BCUT2D eigenvalue weighted by Gasteiger charge is -2.21. The molecule has 0 aliphatic heterocycles. The Kier molecular flexibility index (Phi) is 6.79.